The number of carbonyl (C=O) groups is 2. The summed E-state index contributed by atoms with van der Waals surface area (Å²) in [5, 5.41) is 9.80. The average molecular weight is 536 g/mol. The molecular formula is C30H41N5O4. The van der Waals surface area contributed by atoms with Gasteiger partial charge < -0.3 is 15.0 Å². The lowest BCUT2D eigenvalue weighted by Gasteiger charge is -2.28. The van der Waals surface area contributed by atoms with E-state index in [1.165, 1.54) is 16.3 Å². The summed E-state index contributed by atoms with van der Waals surface area (Å²) >= 11 is 0. The van der Waals surface area contributed by atoms with Crippen molar-refractivity contribution >= 4 is 17.7 Å². The third kappa shape index (κ3) is 11.5. The van der Waals surface area contributed by atoms with Crippen molar-refractivity contribution in [3.05, 3.63) is 93.4 Å². The molecule has 2 aromatic carbocycles. The molecule has 0 aliphatic heterocycles. The van der Waals surface area contributed by atoms with Gasteiger partial charge in [0.2, 0.25) is 0 Å². The number of hydrogen-bond acceptors (Lipinski definition) is 6. The van der Waals surface area contributed by atoms with Gasteiger partial charge in [0.25, 0.3) is 11.5 Å². The van der Waals surface area contributed by atoms with E-state index in [1.54, 1.807) is 31.2 Å². The van der Waals surface area contributed by atoms with Crippen LogP contribution < -0.4 is 16.2 Å². The van der Waals surface area contributed by atoms with E-state index in [0.717, 1.165) is 23.4 Å². The van der Waals surface area contributed by atoms with Gasteiger partial charge in [0.15, 0.2) is 0 Å². The molecule has 0 radical (unpaired) electrons. The van der Waals surface area contributed by atoms with Gasteiger partial charge in [0.05, 0.1) is 18.8 Å². The van der Waals surface area contributed by atoms with Gasteiger partial charge in [0.1, 0.15) is 0 Å². The van der Waals surface area contributed by atoms with Crippen LogP contribution >= 0.6 is 0 Å². The summed E-state index contributed by atoms with van der Waals surface area (Å²) in [5.41, 5.74) is 4.06. The first-order chi connectivity index (χ1) is 18.4. The van der Waals surface area contributed by atoms with Crippen LogP contribution in [0.1, 0.15) is 48.0 Å². The van der Waals surface area contributed by atoms with Crippen LogP contribution in [0.25, 0.3) is 0 Å². The number of aryl methyl sites for hydroxylation is 2. The Kier molecular flexibility index (Phi) is 11.9. The first kappa shape index (κ1) is 31.2. The second-order valence-corrected chi connectivity index (χ2v) is 10.5. The van der Waals surface area contributed by atoms with Crippen molar-refractivity contribution in [2.45, 2.75) is 41.2 Å². The van der Waals surface area contributed by atoms with Gasteiger partial charge in [0, 0.05) is 30.4 Å². The molecule has 9 nitrogen and oxygen atoms in total. The molecule has 1 heterocycles. The zero-order chi connectivity index (χ0) is 29.0. The highest BCUT2D eigenvalue weighted by Gasteiger charge is 2.20. The maximum atomic E-state index is 12.0. The molecule has 0 aliphatic rings. The first-order valence-corrected chi connectivity index (χ1v) is 13.0. The predicted molar refractivity (Wildman–Crippen MR) is 155 cm³/mol. The van der Waals surface area contributed by atoms with E-state index in [9.17, 15) is 14.4 Å². The third-order valence-corrected chi connectivity index (χ3v) is 5.57. The molecule has 1 aromatic heterocycles. The van der Waals surface area contributed by atoms with Gasteiger partial charge in [-0.05, 0) is 76.2 Å². The largest absolute Gasteiger partial charge is 0.450 e. The van der Waals surface area contributed by atoms with Crippen LogP contribution in [0.3, 0.4) is 0 Å². The summed E-state index contributed by atoms with van der Waals surface area (Å²) in [7, 11) is 4.09. The molecule has 0 spiro atoms. The number of hydrogen-bond donors (Lipinski definition) is 2. The number of carbonyl (C=O) groups excluding carboxylic acids is 2. The number of benzene rings is 2. The Balaban J connectivity index is 0.000000277. The van der Waals surface area contributed by atoms with Crippen LogP contribution in [-0.4, -0.2) is 60.5 Å². The SMILES string of the molecule is CCOC(=O)Nc1cccc(Cn2nc(C)ccc2=O)c1.Cc1ccc(C(=O)NCC(C)(C)CN(C)C)cc1. The number of rotatable bonds is 9. The first-order valence-electron chi connectivity index (χ1n) is 13.0. The lowest BCUT2D eigenvalue weighted by atomic mass is 9.93. The number of ether oxygens (including phenoxy) is 1. The van der Waals surface area contributed by atoms with E-state index in [2.05, 4.69) is 34.5 Å². The molecule has 2 N–H and O–H groups in total. The number of anilines is 1. The normalized spacial score (nSPS) is 10.9. The van der Waals surface area contributed by atoms with E-state index < -0.39 is 6.09 Å². The fraction of sp³-hybridized carbons (Fsp3) is 0.400. The molecule has 39 heavy (non-hydrogen) atoms. The Hall–Kier alpha value is -3.98. The van der Waals surface area contributed by atoms with Crippen molar-refractivity contribution in [1.29, 1.82) is 0 Å². The molecule has 3 rings (SSSR count). The van der Waals surface area contributed by atoms with Gasteiger partial charge >= 0.3 is 6.09 Å². The van der Waals surface area contributed by atoms with Crippen LogP contribution in [0.15, 0.2) is 65.5 Å². The molecule has 0 saturated carbocycles. The van der Waals surface area contributed by atoms with Crippen molar-refractivity contribution in [3.63, 3.8) is 0 Å². The number of aromatic nitrogens is 2. The summed E-state index contributed by atoms with van der Waals surface area (Å²) in [6.45, 7) is 12.2. The molecule has 0 saturated heterocycles. The van der Waals surface area contributed by atoms with Crippen LogP contribution in [0.2, 0.25) is 0 Å². The molecule has 210 valence electrons. The molecule has 9 heteroatoms. The fourth-order valence-electron chi connectivity index (χ4n) is 3.91. The summed E-state index contributed by atoms with van der Waals surface area (Å²) in [6.07, 6.45) is -0.500. The zero-order valence-electron chi connectivity index (χ0n) is 24.1. The molecule has 0 unspecified atom stereocenters. The van der Waals surface area contributed by atoms with E-state index in [-0.39, 0.29) is 16.9 Å². The minimum absolute atomic E-state index is 0.00170. The Morgan fingerprint density at radius 1 is 1.03 bits per heavy atom. The lowest BCUT2D eigenvalue weighted by molar-refractivity contribution is 0.0929. The Bertz CT molecular complexity index is 1280. The zero-order valence-corrected chi connectivity index (χ0v) is 24.1. The number of nitrogens with one attached hydrogen (secondary N) is 2. The van der Waals surface area contributed by atoms with Crippen LogP contribution in [0.5, 0.6) is 0 Å². The van der Waals surface area contributed by atoms with Crippen LogP contribution in [0, 0.1) is 19.3 Å². The second kappa shape index (κ2) is 14.8. The molecule has 0 atom stereocenters. The summed E-state index contributed by atoms with van der Waals surface area (Å²) in [5.74, 6) is 0.00170. The van der Waals surface area contributed by atoms with Crippen molar-refractivity contribution in [2.75, 3.05) is 39.1 Å². The van der Waals surface area contributed by atoms with Gasteiger partial charge in [-0.2, -0.15) is 5.10 Å². The van der Waals surface area contributed by atoms with E-state index in [0.29, 0.717) is 25.4 Å². The van der Waals surface area contributed by atoms with E-state index in [1.807, 2.05) is 58.3 Å². The molecule has 0 fully saturated rings. The van der Waals surface area contributed by atoms with Crippen molar-refractivity contribution < 1.29 is 14.3 Å². The highest BCUT2D eigenvalue weighted by atomic mass is 16.5. The maximum absolute atomic E-state index is 12.0. The van der Waals surface area contributed by atoms with Crippen molar-refractivity contribution in [1.82, 2.24) is 20.0 Å². The Morgan fingerprint density at radius 3 is 2.36 bits per heavy atom. The van der Waals surface area contributed by atoms with Gasteiger partial charge in [-0.15, -0.1) is 0 Å². The molecule has 0 bridgehead atoms. The summed E-state index contributed by atoms with van der Waals surface area (Å²) < 4.78 is 6.21. The average Bonchev–Trinajstić information content (AvgIpc) is 2.85. The minimum Gasteiger partial charge on any atom is -0.450 e. The van der Waals surface area contributed by atoms with E-state index in [4.69, 9.17) is 4.74 Å². The minimum atomic E-state index is -0.500. The van der Waals surface area contributed by atoms with Crippen LogP contribution in [-0.2, 0) is 11.3 Å². The molecule has 0 aliphatic carbocycles. The van der Waals surface area contributed by atoms with Gasteiger partial charge in [-0.25, -0.2) is 9.48 Å². The predicted octanol–water partition coefficient (Wildman–Crippen LogP) is 4.48. The Labute approximate surface area is 231 Å². The van der Waals surface area contributed by atoms with Crippen LogP contribution in [0.4, 0.5) is 10.5 Å². The third-order valence-electron chi connectivity index (χ3n) is 5.57. The van der Waals surface area contributed by atoms with Gasteiger partial charge in [-0.3, -0.25) is 14.9 Å². The number of nitrogens with zero attached hydrogens (tertiary/aromatic N) is 3. The van der Waals surface area contributed by atoms with E-state index >= 15 is 0 Å². The second-order valence-electron chi connectivity index (χ2n) is 10.5. The number of amides is 2. The summed E-state index contributed by atoms with van der Waals surface area (Å²) in [6, 6.07) is 18.0. The monoisotopic (exact) mass is 535 g/mol. The van der Waals surface area contributed by atoms with Gasteiger partial charge in [-0.1, -0.05) is 43.7 Å². The molecule has 2 amide bonds. The molecule has 3 aromatic rings. The highest BCUT2D eigenvalue weighted by molar-refractivity contribution is 5.94. The van der Waals surface area contributed by atoms with Crippen molar-refractivity contribution in [3.8, 4) is 0 Å². The maximum Gasteiger partial charge on any atom is 0.411 e. The molecular weight excluding hydrogens is 494 g/mol. The fourth-order valence-corrected chi connectivity index (χ4v) is 3.91. The van der Waals surface area contributed by atoms with Crippen molar-refractivity contribution in [2.24, 2.45) is 5.41 Å². The topological polar surface area (TPSA) is 106 Å². The lowest BCUT2D eigenvalue weighted by Crippen LogP contribution is -2.39. The standard InChI is InChI=1S/C15H17N3O3.C15H24N2O/c1-3-21-15(20)16-13-6-4-5-12(9-13)10-18-14(19)8-7-11(2)17-18;1-12-6-8-13(9-7-12)14(18)16-10-15(2,3)11-17(4)5/h4-9H,3,10H2,1-2H3,(H,16,20);6-9H,10-11H2,1-5H3,(H,16,18). The smallest absolute Gasteiger partial charge is 0.411 e. The summed E-state index contributed by atoms with van der Waals surface area (Å²) in [4.78, 5) is 37.2. The Morgan fingerprint density at radius 2 is 1.72 bits per heavy atom. The quantitative estimate of drug-likeness (QED) is 0.419. The highest BCUT2D eigenvalue weighted by Crippen LogP contribution is 2.15.